The SMILES string of the molecule is CCSCCN(C)CC(C)Br. The Morgan fingerprint density at radius 2 is 2.18 bits per heavy atom. The molecule has 0 N–H and O–H groups in total. The van der Waals surface area contributed by atoms with E-state index >= 15 is 0 Å². The van der Waals surface area contributed by atoms with Crippen molar-refractivity contribution in [1.82, 2.24) is 4.90 Å². The molecule has 11 heavy (non-hydrogen) atoms. The number of alkyl halides is 1. The van der Waals surface area contributed by atoms with E-state index in [4.69, 9.17) is 0 Å². The van der Waals surface area contributed by atoms with Gasteiger partial charge in [0.2, 0.25) is 0 Å². The number of thioether (sulfide) groups is 1. The summed E-state index contributed by atoms with van der Waals surface area (Å²) < 4.78 is 0. The second-order valence-electron chi connectivity index (χ2n) is 2.74. The van der Waals surface area contributed by atoms with E-state index in [9.17, 15) is 0 Å². The Kier molecular flexibility index (Phi) is 7.97. The molecule has 0 aliphatic carbocycles. The second-order valence-corrected chi connectivity index (χ2v) is 5.70. The van der Waals surface area contributed by atoms with Crippen LogP contribution in [0.15, 0.2) is 0 Å². The zero-order valence-electron chi connectivity index (χ0n) is 7.64. The van der Waals surface area contributed by atoms with Crippen molar-refractivity contribution in [3.05, 3.63) is 0 Å². The monoisotopic (exact) mass is 239 g/mol. The van der Waals surface area contributed by atoms with Crippen LogP contribution < -0.4 is 0 Å². The number of rotatable bonds is 6. The Labute approximate surface area is 83.0 Å². The summed E-state index contributed by atoms with van der Waals surface area (Å²) >= 11 is 5.54. The van der Waals surface area contributed by atoms with Gasteiger partial charge in [-0.15, -0.1) is 0 Å². The quantitative estimate of drug-likeness (QED) is 0.518. The molecule has 0 bridgehead atoms. The van der Waals surface area contributed by atoms with E-state index in [0.717, 1.165) is 6.54 Å². The third kappa shape index (κ3) is 8.70. The standard InChI is InChI=1S/C8H18BrNS/c1-4-11-6-5-10(3)7-8(2)9/h8H,4-7H2,1-3H3. The van der Waals surface area contributed by atoms with Crippen molar-refractivity contribution in [3.63, 3.8) is 0 Å². The third-order valence-electron chi connectivity index (χ3n) is 1.38. The van der Waals surface area contributed by atoms with Crippen molar-refractivity contribution >= 4 is 27.7 Å². The molecule has 0 rings (SSSR count). The van der Waals surface area contributed by atoms with Crippen LogP contribution in [0.1, 0.15) is 13.8 Å². The summed E-state index contributed by atoms with van der Waals surface area (Å²) in [5.41, 5.74) is 0. The molecular formula is C8H18BrNS. The average molecular weight is 240 g/mol. The van der Waals surface area contributed by atoms with Gasteiger partial charge in [0.05, 0.1) is 0 Å². The van der Waals surface area contributed by atoms with E-state index in [2.05, 4.69) is 41.7 Å². The maximum atomic E-state index is 3.54. The molecule has 3 heteroatoms. The molecule has 0 aliphatic heterocycles. The van der Waals surface area contributed by atoms with Crippen LogP contribution in [0.25, 0.3) is 0 Å². The van der Waals surface area contributed by atoms with Gasteiger partial charge < -0.3 is 4.90 Å². The van der Waals surface area contributed by atoms with Crippen LogP contribution in [0.2, 0.25) is 0 Å². The normalized spacial score (nSPS) is 13.9. The molecule has 1 unspecified atom stereocenters. The number of halogens is 1. The molecular weight excluding hydrogens is 222 g/mol. The zero-order chi connectivity index (χ0) is 8.69. The first-order chi connectivity index (χ1) is 5.16. The molecule has 0 fully saturated rings. The molecule has 0 spiro atoms. The lowest BCUT2D eigenvalue weighted by Crippen LogP contribution is -2.26. The molecule has 0 radical (unpaired) electrons. The van der Waals surface area contributed by atoms with Gasteiger partial charge in [0.15, 0.2) is 0 Å². The van der Waals surface area contributed by atoms with Gasteiger partial charge in [0.25, 0.3) is 0 Å². The Morgan fingerprint density at radius 3 is 2.64 bits per heavy atom. The third-order valence-corrected chi connectivity index (χ3v) is 2.55. The zero-order valence-corrected chi connectivity index (χ0v) is 10.0. The van der Waals surface area contributed by atoms with Crippen LogP contribution in [-0.4, -0.2) is 41.4 Å². The van der Waals surface area contributed by atoms with Crippen LogP contribution in [0.5, 0.6) is 0 Å². The molecule has 0 heterocycles. The summed E-state index contributed by atoms with van der Waals surface area (Å²) in [6.45, 7) is 6.74. The van der Waals surface area contributed by atoms with Crippen molar-refractivity contribution in [2.45, 2.75) is 18.7 Å². The van der Waals surface area contributed by atoms with Gasteiger partial charge in [-0.25, -0.2) is 0 Å². The lowest BCUT2D eigenvalue weighted by molar-refractivity contribution is 0.362. The number of hydrogen-bond donors (Lipinski definition) is 0. The highest BCUT2D eigenvalue weighted by atomic mass is 79.9. The fraction of sp³-hybridized carbons (Fsp3) is 1.00. The molecule has 1 nitrogen and oxygen atoms in total. The highest BCUT2D eigenvalue weighted by Gasteiger charge is 2.01. The summed E-state index contributed by atoms with van der Waals surface area (Å²) in [5.74, 6) is 2.49. The lowest BCUT2D eigenvalue weighted by Gasteiger charge is -2.17. The first-order valence-corrected chi connectivity index (χ1v) is 6.14. The average Bonchev–Trinajstić information content (AvgIpc) is 1.86. The molecule has 68 valence electrons. The molecule has 0 aromatic heterocycles. The summed E-state index contributed by atoms with van der Waals surface area (Å²) in [4.78, 5) is 2.97. The van der Waals surface area contributed by atoms with Crippen LogP contribution in [0.3, 0.4) is 0 Å². The van der Waals surface area contributed by atoms with Gasteiger partial charge in [-0.3, -0.25) is 0 Å². The van der Waals surface area contributed by atoms with Gasteiger partial charge in [0.1, 0.15) is 0 Å². The summed E-state index contributed by atoms with van der Waals surface area (Å²) in [7, 11) is 2.17. The minimum Gasteiger partial charge on any atom is -0.304 e. The Balaban J connectivity index is 3.15. The summed E-state index contributed by atoms with van der Waals surface area (Å²) in [6.07, 6.45) is 0. The van der Waals surface area contributed by atoms with Crippen LogP contribution in [-0.2, 0) is 0 Å². The first kappa shape index (κ1) is 11.8. The minimum absolute atomic E-state index is 0.610. The second kappa shape index (κ2) is 7.44. The van der Waals surface area contributed by atoms with Crippen molar-refractivity contribution in [3.8, 4) is 0 Å². The Bertz CT molecular complexity index is 88.2. The molecule has 0 amide bonds. The predicted molar refractivity (Wildman–Crippen MR) is 58.9 cm³/mol. The van der Waals surface area contributed by atoms with E-state index in [1.807, 2.05) is 11.8 Å². The highest BCUT2D eigenvalue weighted by Crippen LogP contribution is 2.02. The van der Waals surface area contributed by atoms with E-state index < -0.39 is 0 Å². The van der Waals surface area contributed by atoms with Gasteiger partial charge in [-0.2, -0.15) is 11.8 Å². The Morgan fingerprint density at radius 1 is 1.55 bits per heavy atom. The Hall–Kier alpha value is 0.790. The van der Waals surface area contributed by atoms with Crippen molar-refractivity contribution in [2.75, 3.05) is 31.6 Å². The molecule has 0 saturated carbocycles. The molecule has 0 aromatic carbocycles. The van der Waals surface area contributed by atoms with Gasteiger partial charge in [0, 0.05) is 23.7 Å². The molecule has 0 aliphatic rings. The van der Waals surface area contributed by atoms with E-state index in [0.29, 0.717) is 4.83 Å². The number of nitrogens with zero attached hydrogens (tertiary/aromatic N) is 1. The number of hydrogen-bond acceptors (Lipinski definition) is 2. The largest absolute Gasteiger partial charge is 0.304 e. The summed E-state index contributed by atoms with van der Waals surface area (Å²) in [5, 5.41) is 0. The van der Waals surface area contributed by atoms with Crippen LogP contribution in [0.4, 0.5) is 0 Å². The van der Waals surface area contributed by atoms with Gasteiger partial charge in [-0.1, -0.05) is 29.8 Å². The predicted octanol–water partition coefficient (Wildman–Crippen LogP) is 2.45. The topological polar surface area (TPSA) is 3.24 Å². The van der Waals surface area contributed by atoms with E-state index in [1.54, 1.807) is 0 Å². The molecule has 1 atom stereocenters. The van der Waals surface area contributed by atoms with Crippen molar-refractivity contribution < 1.29 is 0 Å². The van der Waals surface area contributed by atoms with Crippen LogP contribution >= 0.6 is 27.7 Å². The maximum absolute atomic E-state index is 3.54. The molecule has 0 aromatic rings. The fourth-order valence-corrected chi connectivity index (χ4v) is 2.11. The maximum Gasteiger partial charge on any atom is 0.0244 e. The van der Waals surface area contributed by atoms with Crippen molar-refractivity contribution in [2.24, 2.45) is 0 Å². The van der Waals surface area contributed by atoms with Crippen molar-refractivity contribution in [1.29, 1.82) is 0 Å². The van der Waals surface area contributed by atoms with Crippen LogP contribution in [0, 0.1) is 0 Å². The minimum atomic E-state index is 0.610. The van der Waals surface area contributed by atoms with Gasteiger partial charge >= 0.3 is 0 Å². The smallest absolute Gasteiger partial charge is 0.0244 e. The first-order valence-electron chi connectivity index (χ1n) is 4.07. The fourth-order valence-electron chi connectivity index (χ4n) is 0.885. The van der Waals surface area contributed by atoms with E-state index in [1.165, 1.54) is 18.1 Å². The van der Waals surface area contributed by atoms with Gasteiger partial charge in [-0.05, 0) is 12.8 Å². The summed E-state index contributed by atoms with van der Waals surface area (Å²) in [6, 6.07) is 0. The lowest BCUT2D eigenvalue weighted by atomic mass is 10.4. The molecule has 0 saturated heterocycles. The van der Waals surface area contributed by atoms with E-state index in [-0.39, 0.29) is 0 Å². The highest BCUT2D eigenvalue weighted by molar-refractivity contribution is 9.09.